The van der Waals surface area contributed by atoms with Gasteiger partial charge in [0, 0.05) is 19.6 Å². The predicted molar refractivity (Wildman–Crippen MR) is 90.7 cm³/mol. The molecule has 0 aromatic carbocycles. The summed E-state index contributed by atoms with van der Waals surface area (Å²) in [4.78, 5) is 14.4. The molecule has 3 aliphatic heterocycles. The maximum absolute atomic E-state index is 12.9. The molecule has 8 heteroatoms. The number of likely N-dealkylation sites (tertiary alicyclic amines) is 1. The Hall–Kier alpha value is -1.38. The van der Waals surface area contributed by atoms with Crippen molar-refractivity contribution in [2.75, 3.05) is 26.2 Å². The van der Waals surface area contributed by atoms with Crippen LogP contribution in [0.3, 0.4) is 0 Å². The fourth-order valence-corrected chi connectivity index (χ4v) is 6.85. The van der Waals surface area contributed by atoms with Gasteiger partial charge >= 0.3 is 0 Å². The molecule has 0 N–H and O–H groups in total. The van der Waals surface area contributed by atoms with Crippen LogP contribution in [-0.4, -0.2) is 66.7 Å². The quantitative estimate of drug-likeness (QED) is 0.802. The number of hydrogen-bond donors (Lipinski definition) is 0. The van der Waals surface area contributed by atoms with Crippen LogP contribution in [0.2, 0.25) is 0 Å². The highest BCUT2D eigenvalue weighted by Gasteiger charge is 2.65. The van der Waals surface area contributed by atoms with Gasteiger partial charge < -0.3 is 14.1 Å². The maximum Gasteiger partial charge on any atom is 0.289 e. The number of ether oxygens (including phenoxy) is 1. The van der Waals surface area contributed by atoms with Gasteiger partial charge in [-0.25, -0.2) is 8.42 Å². The zero-order valence-electron chi connectivity index (χ0n) is 14.8. The van der Waals surface area contributed by atoms with Crippen LogP contribution in [0.4, 0.5) is 0 Å². The predicted octanol–water partition coefficient (Wildman–Crippen LogP) is 1.24. The minimum atomic E-state index is -3.39. The van der Waals surface area contributed by atoms with Gasteiger partial charge in [-0.05, 0) is 31.4 Å². The highest BCUT2D eigenvalue weighted by Crippen LogP contribution is 2.46. The Labute approximate surface area is 148 Å². The van der Waals surface area contributed by atoms with Crippen molar-refractivity contribution >= 4 is 15.9 Å². The maximum atomic E-state index is 12.9. The topological polar surface area (TPSA) is 80.1 Å². The minimum Gasteiger partial charge on any atom is -0.456 e. The summed E-state index contributed by atoms with van der Waals surface area (Å²) < 4.78 is 39.0. The molecule has 25 heavy (non-hydrogen) atoms. The van der Waals surface area contributed by atoms with E-state index in [0.717, 1.165) is 0 Å². The lowest BCUT2D eigenvalue weighted by Crippen LogP contribution is -2.56. The largest absolute Gasteiger partial charge is 0.456 e. The summed E-state index contributed by atoms with van der Waals surface area (Å²) in [5.74, 6) is 1.03. The van der Waals surface area contributed by atoms with E-state index in [1.807, 2.05) is 13.8 Å². The molecule has 1 unspecified atom stereocenters. The molecule has 1 aromatic heterocycles. The summed E-state index contributed by atoms with van der Waals surface area (Å²) in [6, 6.07) is 3.43. The second kappa shape index (κ2) is 5.56. The van der Waals surface area contributed by atoms with Gasteiger partial charge in [0.2, 0.25) is 10.0 Å². The average molecular weight is 368 g/mol. The molecule has 1 spiro atoms. The molecule has 1 amide bonds. The second-order valence-corrected chi connectivity index (χ2v) is 9.97. The van der Waals surface area contributed by atoms with Crippen LogP contribution in [0.5, 0.6) is 0 Å². The van der Waals surface area contributed by atoms with Gasteiger partial charge in [-0.15, -0.1) is 0 Å². The van der Waals surface area contributed by atoms with Crippen molar-refractivity contribution in [3.63, 3.8) is 0 Å². The Balaban J connectivity index is 1.61. The summed E-state index contributed by atoms with van der Waals surface area (Å²) >= 11 is 0. The number of hydrogen-bond acceptors (Lipinski definition) is 5. The van der Waals surface area contributed by atoms with Crippen molar-refractivity contribution < 1.29 is 22.4 Å². The van der Waals surface area contributed by atoms with Crippen molar-refractivity contribution in [2.45, 2.75) is 44.1 Å². The van der Waals surface area contributed by atoms with Gasteiger partial charge in [-0.3, -0.25) is 4.79 Å². The van der Waals surface area contributed by atoms with Gasteiger partial charge in [-0.1, -0.05) is 13.8 Å². The number of nitrogens with zero attached hydrogens (tertiary/aromatic N) is 2. The number of carbonyl (C=O) groups is 1. The van der Waals surface area contributed by atoms with E-state index in [9.17, 15) is 13.2 Å². The van der Waals surface area contributed by atoms with Crippen molar-refractivity contribution in [1.29, 1.82) is 0 Å². The van der Waals surface area contributed by atoms with E-state index in [-0.39, 0.29) is 17.9 Å². The van der Waals surface area contributed by atoms with Gasteiger partial charge in [-0.2, -0.15) is 4.31 Å². The summed E-state index contributed by atoms with van der Waals surface area (Å²) in [7, 11) is -3.39. The first-order valence-corrected chi connectivity index (χ1v) is 10.2. The summed E-state index contributed by atoms with van der Waals surface area (Å²) in [6.45, 7) is 7.32. The zero-order valence-corrected chi connectivity index (χ0v) is 15.6. The third-order valence-electron chi connectivity index (χ3n) is 5.32. The summed E-state index contributed by atoms with van der Waals surface area (Å²) in [6.07, 6.45) is 0.229. The smallest absolute Gasteiger partial charge is 0.289 e. The van der Waals surface area contributed by atoms with E-state index in [2.05, 4.69) is 0 Å². The molecule has 2 bridgehead atoms. The first-order chi connectivity index (χ1) is 11.7. The van der Waals surface area contributed by atoms with Gasteiger partial charge in [0.15, 0.2) is 5.76 Å². The van der Waals surface area contributed by atoms with Gasteiger partial charge in [0.25, 0.3) is 5.91 Å². The molecule has 7 nitrogen and oxygen atoms in total. The molecule has 3 saturated heterocycles. The van der Waals surface area contributed by atoms with Crippen molar-refractivity contribution in [3.8, 4) is 0 Å². The second-order valence-electron chi connectivity index (χ2n) is 7.86. The molecule has 1 aromatic rings. The Morgan fingerprint density at radius 1 is 1.36 bits per heavy atom. The summed E-state index contributed by atoms with van der Waals surface area (Å²) in [5, 5.41) is -0.556. The molecule has 0 aliphatic carbocycles. The normalized spacial score (nSPS) is 33.8. The Morgan fingerprint density at radius 3 is 2.76 bits per heavy atom. The molecule has 4 heterocycles. The number of carbonyl (C=O) groups excluding carboxylic acids is 1. The molecule has 0 saturated carbocycles. The fraction of sp³-hybridized carbons (Fsp3) is 0.706. The molecular weight excluding hydrogens is 344 g/mol. The van der Waals surface area contributed by atoms with Crippen LogP contribution in [0.15, 0.2) is 16.5 Å². The van der Waals surface area contributed by atoms with Gasteiger partial charge in [0.05, 0.1) is 12.6 Å². The third-order valence-corrected chi connectivity index (χ3v) is 7.66. The molecule has 0 radical (unpaired) electrons. The zero-order chi connectivity index (χ0) is 18.0. The summed E-state index contributed by atoms with van der Waals surface area (Å²) in [5.41, 5.74) is -0.812. The monoisotopic (exact) mass is 368 g/mol. The standard InChI is InChI=1S/C17H24N2O5S/c1-11(2)7-19-10-17-9-18(16(20)14-5-4-12(3)23-14)8-13(24-17)6-15(17)25(19,21)22/h4-5,11,13,15H,6-10H2,1-3H3/t13-,15+,17?/m1/s1. The number of rotatable bonds is 3. The van der Waals surface area contributed by atoms with Crippen molar-refractivity contribution in [2.24, 2.45) is 5.92 Å². The Kier molecular flexibility index (Phi) is 3.79. The highest BCUT2D eigenvalue weighted by molar-refractivity contribution is 7.90. The lowest BCUT2D eigenvalue weighted by Gasteiger charge is -2.39. The first-order valence-electron chi connectivity index (χ1n) is 8.74. The number of amides is 1. The molecule has 138 valence electrons. The van der Waals surface area contributed by atoms with E-state index in [1.165, 1.54) is 0 Å². The minimum absolute atomic E-state index is 0.193. The van der Waals surface area contributed by atoms with E-state index in [0.29, 0.717) is 44.1 Å². The first kappa shape index (κ1) is 17.1. The number of morpholine rings is 1. The van der Waals surface area contributed by atoms with E-state index in [1.54, 1.807) is 28.3 Å². The van der Waals surface area contributed by atoms with E-state index < -0.39 is 20.9 Å². The molecule has 3 fully saturated rings. The Morgan fingerprint density at radius 2 is 2.12 bits per heavy atom. The average Bonchev–Trinajstić information content (AvgIpc) is 3.11. The number of fused-ring (bicyclic) bond motifs is 1. The molecular formula is C17H24N2O5S. The molecule has 3 aliphatic rings. The van der Waals surface area contributed by atoms with E-state index >= 15 is 0 Å². The van der Waals surface area contributed by atoms with Gasteiger partial charge in [0.1, 0.15) is 16.6 Å². The third kappa shape index (κ3) is 2.62. The number of furan rings is 1. The molecule has 3 atom stereocenters. The van der Waals surface area contributed by atoms with Crippen molar-refractivity contribution in [3.05, 3.63) is 23.7 Å². The SMILES string of the molecule is Cc1ccc(C(=O)N2C[C@H]3C[C@H]4C(C2)(CN(CC(C)C)S4(=O)=O)O3)o1. The Bertz CT molecular complexity index is 802. The van der Waals surface area contributed by atoms with Crippen LogP contribution in [0, 0.1) is 12.8 Å². The number of sulfonamides is 1. The fourth-order valence-electron chi connectivity index (χ4n) is 4.38. The highest BCUT2D eigenvalue weighted by atomic mass is 32.2. The van der Waals surface area contributed by atoms with Crippen LogP contribution >= 0.6 is 0 Å². The lowest BCUT2D eigenvalue weighted by atomic mass is 9.99. The number of aryl methyl sites for hydroxylation is 1. The lowest BCUT2D eigenvalue weighted by molar-refractivity contribution is -0.0984. The van der Waals surface area contributed by atoms with Crippen LogP contribution in [0.1, 0.15) is 36.6 Å². The molecule has 4 rings (SSSR count). The van der Waals surface area contributed by atoms with E-state index in [4.69, 9.17) is 9.15 Å². The van der Waals surface area contributed by atoms with Crippen LogP contribution in [-0.2, 0) is 14.8 Å². The van der Waals surface area contributed by atoms with Crippen LogP contribution < -0.4 is 0 Å². The van der Waals surface area contributed by atoms with Crippen LogP contribution in [0.25, 0.3) is 0 Å². The van der Waals surface area contributed by atoms with Crippen molar-refractivity contribution in [1.82, 2.24) is 9.21 Å².